The minimum absolute atomic E-state index is 0.127. The van der Waals surface area contributed by atoms with Crippen molar-refractivity contribution >= 4 is 5.78 Å². The number of allylic oxidation sites excluding steroid dienone is 1. The fourth-order valence-electron chi connectivity index (χ4n) is 1.47. The maximum Gasteiger partial charge on any atom is 0.157 e. The predicted octanol–water partition coefficient (Wildman–Crippen LogP) is 2.25. The molecule has 0 saturated heterocycles. The topological polar surface area (TPSA) is 20.3 Å². The van der Waals surface area contributed by atoms with Crippen molar-refractivity contribution in [3.05, 3.63) is 12.2 Å². The maximum atomic E-state index is 11.3. The Morgan fingerprint density at radius 3 is 2.57 bits per heavy atom. The monoisotopic (exact) mass is 195 g/mol. The van der Waals surface area contributed by atoms with E-state index in [0.717, 1.165) is 19.1 Å². The van der Waals surface area contributed by atoms with E-state index in [4.69, 9.17) is 0 Å². The van der Waals surface area contributed by atoms with Gasteiger partial charge in [0.1, 0.15) is 0 Å². The third-order valence-corrected chi connectivity index (χ3v) is 2.66. The molecule has 0 spiro atoms. The molecule has 2 heteroatoms. The van der Waals surface area contributed by atoms with Crippen molar-refractivity contribution in [1.29, 1.82) is 0 Å². The molecule has 0 aromatic rings. The van der Waals surface area contributed by atoms with Gasteiger partial charge in [-0.2, -0.15) is 0 Å². The predicted molar refractivity (Wildman–Crippen MR) is 59.3 cm³/mol. The summed E-state index contributed by atoms with van der Waals surface area (Å²) in [6.07, 6.45) is 6.40. The van der Waals surface area contributed by atoms with Gasteiger partial charge in [0.05, 0.1) is 0 Å². The van der Waals surface area contributed by atoms with E-state index in [1.165, 1.54) is 12.8 Å². The molecule has 14 heavy (non-hydrogen) atoms. The van der Waals surface area contributed by atoms with Crippen LogP contribution in [0, 0.1) is 5.92 Å². The van der Waals surface area contributed by atoms with E-state index in [0.29, 0.717) is 0 Å². The van der Waals surface area contributed by atoms with Gasteiger partial charge in [0.2, 0.25) is 0 Å². The van der Waals surface area contributed by atoms with E-state index >= 15 is 0 Å². The van der Waals surface area contributed by atoms with E-state index < -0.39 is 0 Å². The second-order valence-electron chi connectivity index (χ2n) is 4.28. The number of hydrogen-bond acceptors (Lipinski definition) is 2. The fourth-order valence-corrected chi connectivity index (χ4v) is 1.47. The number of carbonyl (C=O) groups is 1. The molecule has 0 aromatic carbocycles. The second kappa shape index (κ2) is 5.30. The van der Waals surface area contributed by atoms with Gasteiger partial charge >= 0.3 is 0 Å². The molecule has 0 radical (unpaired) electrons. The van der Waals surface area contributed by atoms with Crippen molar-refractivity contribution in [2.75, 3.05) is 13.1 Å². The second-order valence-corrected chi connectivity index (χ2v) is 4.28. The first kappa shape index (κ1) is 11.4. The molecule has 1 fully saturated rings. The van der Waals surface area contributed by atoms with Gasteiger partial charge in [-0.05, 0) is 25.5 Å². The molecular weight excluding hydrogens is 174 g/mol. The van der Waals surface area contributed by atoms with Crippen LogP contribution in [-0.2, 0) is 4.79 Å². The van der Waals surface area contributed by atoms with E-state index in [9.17, 15) is 4.79 Å². The molecule has 1 aliphatic carbocycles. The van der Waals surface area contributed by atoms with E-state index in [1.54, 1.807) is 6.08 Å². The van der Waals surface area contributed by atoms with Crippen molar-refractivity contribution < 1.29 is 4.79 Å². The summed E-state index contributed by atoms with van der Waals surface area (Å²) in [5.41, 5.74) is 0. The molecule has 0 N–H and O–H groups in total. The highest BCUT2D eigenvalue weighted by Gasteiger charge is 2.26. The molecule has 1 saturated carbocycles. The largest absolute Gasteiger partial charge is 0.297 e. The van der Waals surface area contributed by atoms with Gasteiger partial charge in [-0.1, -0.05) is 26.8 Å². The molecule has 0 amide bonds. The third kappa shape index (κ3) is 3.62. The summed E-state index contributed by atoms with van der Waals surface area (Å²) in [4.78, 5) is 13.7. The van der Waals surface area contributed by atoms with Crippen LogP contribution >= 0.6 is 0 Å². The first-order chi connectivity index (χ1) is 6.65. The average molecular weight is 195 g/mol. The SMILES string of the molecule is CCN(C/C=C/C(=O)C(C)C)C1CC1. The Balaban J connectivity index is 2.26. The Bertz CT molecular complexity index is 216. The van der Waals surface area contributed by atoms with Crippen LogP contribution < -0.4 is 0 Å². The van der Waals surface area contributed by atoms with Crippen molar-refractivity contribution in [2.45, 2.75) is 39.7 Å². The third-order valence-electron chi connectivity index (χ3n) is 2.66. The Morgan fingerprint density at radius 1 is 1.50 bits per heavy atom. The zero-order valence-electron chi connectivity index (χ0n) is 9.49. The van der Waals surface area contributed by atoms with Crippen LogP contribution in [0.5, 0.6) is 0 Å². The summed E-state index contributed by atoms with van der Waals surface area (Å²) >= 11 is 0. The quantitative estimate of drug-likeness (QED) is 0.606. The summed E-state index contributed by atoms with van der Waals surface area (Å²) in [7, 11) is 0. The fraction of sp³-hybridized carbons (Fsp3) is 0.750. The Labute approximate surface area is 87.0 Å². The van der Waals surface area contributed by atoms with Gasteiger partial charge in [-0.15, -0.1) is 0 Å². The van der Waals surface area contributed by atoms with Gasteiger partial charge in [0.15, 0.2) is 5.78 Å². The van der Waals surface area contributed by atoms with E-state index in [2.05, 4.69) is 11.8 Å². The molecule has 1 rings (SSSR count). The number of nitrogens with zero attached hydrogens (tertiary/aromatic N) is 1. The standard InChI is InChI=1S/C12H21NO/c1-4-13(11-7-8-11)9-5-6-12(14)10(2)3/h5-6,10-11H,4,7-9H2,1-3H3/b6-5+. The summed E-state index contributed by atoms with van der Waals surface area (Å²) in [6, 6.07) is 0.791. The lowest BCUT2D eigenvalue weighted by Crippen LogP contribution is -2.25. The van der Waals surface area contributed by atoms with E-state index in [-0.39, 0.29) is 11.7 Å². The van der Waals surface area contributed by atoms with Crippen molar-refractivity contribution in [1.82, 2.24) is 4.90 Å². The number of hydrogen-bond donors (Lipinski definition) is 0. The highest BCUT2D eigenvalue weighted by atomic mass is 16.1. The van der Waals surface area contributed by atoms with E-state index in [1.807, 2.05) is 19.9 Å². The van der Waals surface area contributed by atoms with Crippen LogP contribution in [-0.4, -0.2) is 29.8 Å². The number of likely N-dealkylation sites (N-methyl/N-ethyl adjacent to an activating group) is 1. The molecule has 0 unspecified atom stereocenters. The lowest BCUT2D eigenvalue weighted by molar-refractivity contribution is -0.117. The smallest absolute Gasteiger partial charge is 0.157 e. The van der Waals surface area contributed by atoms with Crippen molar-refractivity contribution in [3.8, 4) is 0 Å². The number of rotatable bonds is 6. The lowest BCUT2D eigenvalue weighted by atomic mass is 10.1. The minimum Gasteiger partial charge on any atom is -0.297 e. The molecule has 0 bridgehead atoms. The van der Waals surface area contributed by atoms with Crippen LogP contribution in [0.25, 0.3) is 0 Å². The maximum absolute atomic E-state index is 11.3. The van der Waals surface area contributed by atoms with Crippen LogP contribution in [0.15, 0.2) is 12.2 Å². The van der Waals surface area contributed by atoms with Crippen molar-refractivity contribution in [3.63, 3.8) is 0 Å². The van der Waals surface area contributed by atoms with Gasteiger partial charge in [-0.25, -0.2) is 0 Å². The summed E-state index contributed by atoms with van der Waals surface area (Å²) < 4.78 is 0. The Morgan fingerprint density at radius 2 is 2.14 bits per heavy atom. The molecule has 0 heterocycles. The molecule has 80 valence electrons. The van der Waals surface area contributed by atoms with Gasteiger partial charge in [0, 0.05) is 18.5 Å². The lowest BCUT2D eigenvalue weighted by Gasteiger charge is -2.16. The highest BCUT2D eigenvalue weighted by Crippen LogP contribution is 2.26. The molecule has 0 atom stereocenters. The van der Waals surface area contributed by atoms with Crippen LogP contribution in [0.3, 0.4) is 0 Å². The average Bonchev–Trinajstić information content (AvgIpc) is 2.95. The first-order valence-corrected chi connectivity index (χ1v) is 5.59. The van der Waals surface area contributed by atoms with Crippen LogP contribution in [0.2, 0.25) is 0 Å². The van der Waals surface area contributed by atoms with Crippen LogP contribution in [0.1, 0.15) is 33.6 Å². The molecule has 1 aliphatic rings. The Kier molecular flexibility index (Phi) is 4.33. The van der Waals surface area contributed by atoms with Crippen LogP contribution in [0.4, 0.5) is 0 Å². The molecule has 0 aromatic heterocycles. The first-order valence-electron chi connectivity index (χ1n) is 5.59. The van der Waals surface area contributed by atoms with Gasteiger partial charge in [0.25, 0.3) is 0 Å². The number of ketones is 1. The summed E-state index contributed by atoms with van der Waals surface area (Å²) in [5.74, 6) is 0.360. The Hall–Kier alpha value is -0.630. The molecule has 2 nitrogen and oxygen atoms in total. The summed E-state index contributed by atoms with van der Waals surface area (Å²) in [6.45, 7) is 8.07. The zero-order valence-corrected chi connectivity index (χ0v) is 9.49. The van der Waals surface area contributed by atoms with Gasteiger partial charge in [-0.3, -0.25) is 9.69 Å². The zero-order chi connectivity index (χ0) is 10.6. The molecular formula is C12H21NO. The normalized spacial score (nSPS) is 17.2. The molecule has 0 aliphatic heterocycles. The van der Waals surface area contributed by atoms with Crippen molar-refractivity contribution in [2.24, 2.45) is 5.92 Å². The minimum atomic E-state index is 0.127. The number of carbonyl (C=O) groups excluding carboxylic acids is 1. The van der Waals surface area contributed by atoms with Gasteiger partial charge < -0.3 is 0 Å². The summed E-state index contributed by atoms with van der Waals surface area (Å²) in [5, 5.41) is 0. The highest BCUT2D eigenvalue weighted by molar-refractivity contribution is 5.91.